The molecule has 0 saturated heterocycles. The number of urea groups is 1. The fourth-order valence-corrected chi connectivity index (χ4v) is 2.15. The highest BCUT2D eigenvalue weighted by Gasteiger charge is 2.06. The zero-order valence-corrected chi connectivity index (χ0v) is 14.0. The van der Waals surface area contributed by atoms with Gasteiger partial charge in [0, 0.05) is 24.3 Å². The van der Waals surface area contributed by atoms with Crippen LogP contribution in [0.15, 0.2) is 48.5 Å². The number of nitrogens with one attached hydrogen (secondary N) is 3. The van der Waals surface area contributed by atoms with Crippen molar-refractivity contribution in [2.45, 2.75) is 19.9 Å². The molecule has 128 valence electrons. The van der Waals surface area contributed by atoms with E-state index in [9.17, 15) is 9.59 Å². The molecular formula is C19H20N4O2. The molecule has 0 atom stereocenters. The Morgan fingerprint density at radius 2 is 1.84 bits per heavy atom. The first-order valence-electron chi connectivity index (χ1n) is 8.04. The van der Waals surface area contributed by atoms with Crippen LogP contribution in [-0.2, 0) is 6.54 Å². The second-order valence-electron chi connectivity index (χ2n) is 5.45. The van der Waals surface area contributed by atoms with Crippen LogP contribution in [0.25, 0.3) is 0 Å². The summed E-state index contributed by atoms with van der Waals surface area (Å²) in [5.41, 5.74) is 2.54. The molecule has 0 aliphatic heterocycles. The fraction of sp³-hybridized carbons (Fsp3) is 0.211. The van der Waals surface area contributed by atoms with Gasteiger partial charge in [0.05, 0.1) is 11.6 Å². The Kier molecular flexibility index (Phi) is 6.55. The first-order valence-corrected chi connectivity index (χ1v) is 8.04. The van der Waals surface area contributed by atoms with Gasteiger partial charge < -0.3 is 16.0 Å². The summed E-state index contributed by atoms with van der Waals surface area (Å²) in [6.45, 7) is 2.94. The monoisotopic (exact) mass is 336 g/mol. The molecule has 0 heterocycles. The molecule has 25 heavy (non-hydrogen) atoms. The molecule has 0 aliphatic rings. The minimum Gasteiger partial charge on any atom is -0.352 e. The van der Waals surface area contributed by atoms with Crippen LogP contribution in [0.5, 0.6) is 0 Å². The smallest absolute Gasteiger partial charge is 0.319 e. The summed E-state index contributed by atoms with van der Waals surface area (Å²) >= 11 is 0. The molecule has 0 radical (unpaired) electrons. The number of amides is 3. The number of benzene rings is 2. The predicted octanol–water partition coefficient (Wildman–Crippen LogP) is 3.02. The molecule has 2 rings (SSSR count). The summed E-state index contributed by atoms with van der Waals surface area (Å²) in [4.78, 5) is 23.7. The van der Waals surface area contributed by atoms with Gasteiger partial charge in [0.25, 0.3) is 5.91 Å². The molecule has 0 saturated carbocycles. The van der Waals surface area contributed by atoms with Crippen LogP contribution in [0.2, 0.25) is 0 Å². The largest absolute Gasteiger partial charge is 0.352 e. The quantitative estimate of drug-likeness (QED) is 0.757. The molecule has 3 N–H and O–H groups in total. The van der Waals surface area contributed by atoms with Crippen LogP contribution in [0.3, 0.4) is 0 Å². The number of carbonyl (C=O) groups is 2. The lowest BCUT2D eigenvalue weighted by atomic mass is 10.1. The summed E-state index contributed by atoms with van der Waals surface area (Å²) in [7, 11) is 0. The number of hydrogen-bond acceptors (Lipinski definition) is 3. The average molecular weight is 336 g/mol. The maximum Gasteiger partial charge on any atom is 0.319 e. The molecule has 0 aromatic heterocycles. The predicted molar refractivity (Wildman–Crippen MR) is 96.1 cm³/mol. The molecule has 0 spiro atoms. The fourth-order valence-electron chi connectivity index (χ4n) is 2.15. The van der Waals surface area contributed by atoms with Crippen molar-refractivity contribution in [3.63, 3.8) is 0 Å². The highest BCUT2D eigenvalue weighted by molar-refractivity contribution is 5.95. The molecule has 0 fully saturated rings. The molecular weight excluding hydrogens is 316 g/mol. The van der Waals surface area contributed by atoms with Crippen molar-refractivity contribution in [1.82, 2.24) is 10.6 Å². The lowest BCUT2D eigenvalue weighted by Crippen LogP contribution is -2.28. The number of rotatable bonds is 6. The van der Waals surface area contributed by atoms with Gasteiger partial charge >= 0.3 is 6.03 Å². The van der Waals surface area contributed by atoms with E-state index in [4.69, 9.17) is 5.26 Å². The summed E-state index contributed by atoms with van der Waals surface area (Å²) in [5.74, 6) is -0.129. The van der Waals surface area contributed by atoms with Crippen molar-refractivity contribution in [3.8, 4) is 6.07 Å². The normalized spacial score (nSPS) is 9.76. The van der Waals surface area contributed by atoms with Crippen LogP contribution in [0, 0.1) is 11.3 Å². The Morgan fingerprint density at radius 3 is 2.52 bits per heavy atom. The van der Waals surface area contributed by atoms with E-state index in [1.54, 1.807) is 42.5 Å². The van der Waals surface area contributed by atoms with Crippen molar-refractivity contribution >= 4 is 17.6 Å². The number of nitriles is 1. The van der Waals surface area contributed by atoms with E-state index in [0.29, 0.717) is 29.9 Å². The van der Waals surface area contributed by atoms with E-state index in [2.05, 4.69) is 22.0 Å². The maximum atomic E-state index is 11.9. The summed E-state index contributed by atoms with van der Waals surface area (Å²) in [6.07, 6.45) is 0.878. The van der Waals surface area contributed by atoms with E-state index in [-0.39, 0.29) is 11.9 Å². The Morgan fingerprint density at radius 1 is 1.08 bits per heavy atom. The number of carbonyl (C=O) groups excluding carboxylic acids is 2. The summed E-state index contributed by atoms with van der Waals surface area (Å²) in [6, 6.07) is 15.4. The molecule has 6 nitrogen and oxygen atoms in total. The lowest BCUT2D eigenvalue weighted by Gasteiger charge is -2.09. The van der Waals surface area contributed by atoms with E-state index >= 15 is 0 Å². The van der Waals surface area contributed by atoms with Crippen LogP contribution in [0.4, 0.5) is 10.5 Å². The van der Waals surface area contributed by atoms with Gasteiger partial charge in [-0.2, -0.15) is 5.26 Å². The number of nitrogens with zero attached hydrogens (tertiary/aromatic N) is 1. The van der Waals surface area contributed by atoms with Crippen LogP contribution >= 0.6 is 0 Å². The number of hydrogen-bond donors (Lipinski definition) is 3. The molecule has 6 heteroatoms. The first-order chi connectivity index (χ1) is 12.1. The minimum absolute atomic E-state index is 0.129. The Balaban J connectivity index is 1.86. The third-order valence-corrected chi connectivity index (χ3v) is 3.45. The van der Waals surface area contributed by atoms with Gasteiger partial charge in [0.1, 0.15) is 0 Å². The number of anilines is 1. The van der Waals surface area contributed by atoms with Crippen molar-refractivity contribution in [2.75, 3.05) is 11.9 Å². The van der Waals surface area contributed by atoms with Crippen molar-refractivity contribution in [3.05, 3.63) is 65.2 Å². The van der Waals surface area contributed by atoms with Crippen molar-refractivity contribution < 1.29 is 9.59 Å². The van der Waals surface area contributed by atoms with Gasteiger partial charge in [0.2, 0.25) is 0 Å². The zero-order chi connectivity index (χ0) is 18.1. The van der Waals surface area contributed by atoms with Crippen LogP contribution < -0.4 is 16.0 Å². The van der Waals surface area contributed by atoms with Gasteiger partial charge in [-0.05, 0) is 48.4 Å². The molecule has 2 aromatic rings. The van der Waals surface area contributed by atoms with Crippen LogP contribution in [-0.4, -0.2) is 18.5 Å². The second-order valence-corrected chi connectivity index (χ2v) is 5.45. The second kappa shape index (κ2) is 9.08. The molecule has 2 aromatic carbocycles. The molecule has 0 unspecified atom stereocenters. The van der Waals surface area contributed by atoms with Crippen LogP contribution in [0.1, 0.15) is 34.8 Å². The van der Waals surface area contributed by atoms with Crippen molar-refractivity contribution in [1.29, 1.82) is 5.26 Å². The van der Waals surface area contributed by atoms with Gasteiger partial charge in [-0.15, -0.1) is 0 Å². The standard InChI is InChI=1S/C19H20N4O2/c1-2-10-21-18(24)16-6-8-17(9-7-16)23-19(25)22-13-15-5-3-4-14(11-15)12-20/h3-9,11H,2,10,13H2,1H3,(H,21,24)(H2,22,23,25). The molecule has 0 aliphatic carbocycles. The van der Waals surface area contributed by atoms with Gasteiger partial charge in [-0.3, -0.25) is 4.79 Å². The highest BCUT2D eigenvalue weighted by Crippen LogP contribution is 2.10. The van der Waals surface area contributed by atoms with E-state index in [1.807, 2.05) is 13.0 Å². The highest BCUT2D eigenvalue weighted by atomic mass is 16.2. The maximum absolute atomic E-state index is 11.9. The van der Waals surface area contributed by atoms with Gasteiger partial charge in [-0.25, -0.2) is 4.79 Å². The van der Waals surface area contributed by atoms with E-state index < -0.39 is 0 Å². The average Bonchev–Trinajstić information content (AvgIpc) is 2.65. The third kappa shape index (κ3) is 5.66. The summed E-state index contributed by atoms with van der Waals surface area (Å²) in [5, 5.41) is 17.1. The first kappa shape index (κ1) is 18.0. The van der Waals surface area contributed by atoms with Gasteiger partial charge in [0.15, 0.2) is 0 Å². The molecule has 3 amide bonds. The Bertz CT molecular complexity index is 779. The molecule has 0 bridgehead atoms. The third-order valence-electron chi connectivity index (χ3n) is 3.45. The summed E-state index contributed by atoms with van der Waals surface area (Å²) < 4.78 is 0. The topological polar surface area (TPSA) is 94.0 Å². The zero-order valence-electron chi connectivity index (χ0n) is 14.0. The van der Waals surface area contributed by atoms with E-state index in [0.717, 1.165) is 12.0 Å². The van der Waals surface area contributed by atoms with Gasteiger partial charge in [-0.1, -0.05) is 19.1 Å². The minimum atomic E-state index is -0.356. The lowest BCUT2D eigenvalue weighted by molar-refractivity contribution is 0.0953. The SMILES string of the molecule is CCCNC(=O)c1ccc(NC(=O)NCc2cccc(C#N)c2)cc1. The Hall–Kier alpha value is -3.33. The van der Waals surface area contributed by atoms with E-state index in [1.165, 1.54) is 0 Å². The Labute approximate surface area is 146 Å². The van der Waals surface area contributed by atoms with Crippen molar-refractivity contribution in [2.24, 2.45) is 0 Å².